The van der Waals surface area contributed by atoms with Gasteiger partial charge < -0.3 is 22.8 Å². The first-order valence-corrected chi connectivity index (χ1v) is 12.4. The Bertz CT molecular complexity index is 491. The summed E-state index contributed by atoms with van der Waals surface area (Å²) in [6, 6.07) is 0. The molecule has 0 aromatic rings. The molecule has 0 saturated heterocycles. The van der Waals surface area contributed by atoms with Gasteiger partial charge in [0, 0.05) is 53.2 Å². The van der Waals surface area contributed by atoms with E-state index in [4.69, 9.17) is 10.1 Å². The zero-order chi connectivity index (χ0) is 25.9. The first kappa shape index (κ1) is 43.6. The van der Waals surface area contributed by atoms with Crippen LogP contribution in [0.5, 0.6) is 0 Å². The summed E-state index contributed by atoms with van der Waals surface area (Å²) in [5, 5.41) is 8.37. The number of nitrogens with one attached hydrogen (secondary N) is 1. The van der Waals surface area contributed by atoms with E-state index in [2.05, 4.69) is 67.6 Å². The molecule has 0 aromatic heterocycles. The minimum Gasteiger partial charge on any atom is -0.652 e. The quantitative estimate of drug-likeness (QED) is 0.257. The van der Waals surface area contributed by atoms with Crippen LogP contribution in [0.3, 0.4) is 0 Å². The second-order valence-corrected chi connectivity index (χ2v) is 11.8. The van der Waals surface area contributed by atoms with Gasteiger partial charge in [0.25, 0.3) is 0 Å². The van der Waals surface area contributed by atoms with Crippen molar-refractivity contribution in [3.8, 4) is 0 Å². The van der Waals surface area contributed by atoms with Gasteiger partial charge in [-0.15, -0.1) is 11.1 Å². The molecule has 1 amide bonds. The third kappa shape index (κ3) is 19.5. The molecule has 0 heterocycles. The summed E-state index contributed by atoms with van der Waals surface area (Å²) in [5.74, 6) is 0.0777. The molecule has 0 aromatic carbocycles. The third-order valence-electron chi connectivity index (χ3n) is 5.54. The molecule has 0 aliphatic rings. The predicted molar refractivity (Wildman–Crippen MR) is 146 cm³/mol. The fourth-order valence-electron chi connectivity index (χ4n) is 3.21. The van der Waals surface area contributed by atoms with Crippen molar-refractivity contribution in [2.75, 3.05) is 6.61 Å². The van der Waals surface area contributed by atoms with Crippen LogP contribution in [0.25, 0.3) is 5.32 Å². The summed E-state index contributed by atoms with van der Waals surface area (Å²) in [6.07, 6.45) is 1.70. The average molecular weight is 598 g/mol. The number of rotatable bonds is 10. The van der Waals surface area contributed by atoms with Crippen LogP contribution in [-0.2, 0) is 9.53 Å². The van der Waals surface area contributed by atoms with E-state index >= 15 is 0 Å². The van der Waals surface area contributed by atoms with Crippen molar-refractivity contribution in [1.29, 1.82) is 0 Å². The minimum absolute atomic E-state index is 0. The van der Waals surface area contributed by atoms with Crippen LogP contribution >= 0.6 is 0 Å². The SMILES string of the molecule is CC.CC.CC(C)OCCC(C)(C)NC(=O)C(C)(C)CC(C)(C)[N-]C(C)(C)C(C)(C)C.[CH3-].[La]. The van der Waals surface area contributed by atoms with Crippen LogP contribution in [-0.4, -0.2) is 35.2 Å². The number of ether oxygens (including phenoxy) is 1. The number of amides is 1. The summed E-state index contributed by atoms with van der Waals surface area (Å²) in [4.78, 5) is 13.0. The second kappa shape index (κ2) is 17.9. The Morgan fingerprint density at radius 2 is 1.24 bits per heavy atom. The number of hydrogen-bond donors (Lipinski definition) is 1. The number of carbonyl (C=O) groups is 1. The fraction of sp³-hybridized carbons (Fsp3) is 0.929. The van der Waals surface area contributed by atoms with Gasteiger partial charge in [-0.25, -0.2) is 0 Å². The van der Waals surface area contributed by atoms with E-state index in [1.807, 2.05) is 55.4 Å². The normalized spacial score (nSPS) is 12.3. The Kier molecular flexibility index (Phi) is 23.7. The van der Waals surface area contributed by atoms with Crippen LogP contribution in [0.1, 0.15) is 131 Å². The second-order valence-electron chi connectivity index (χ2n) is 11.8. The van der Waals surface area contributed by atoms with Crippen LogP contribution < -0.4 is 5.32 Å². The van der Waals surface area contributed by atoms with Gasteiger partial charge in [-0.2, -0.15) is 0 Å². The Balaban J connectivity index is -0.000000410. The van der Waals surface area contributed by atoms with Gasteiger partial charge in [-0.05, 0) is 34.1 Å². The molecule has 5 heteroatoms. The molecule has 1 N–H and O–H groups in total. The molecule has 201 valence electrons. The van der Waals surface area contributed by atoms with Crippen molar-refractivity contribution < 1.29 is 45.1 Å². The van der Waals surface area contributed by atoms with Gasteiger partial charge in [0.2, 0.25) is 5.91 Å². The Morgan fingerprint density at radius 3 is 1.58 bits per heavy atom. The zero-order valence-corrected chi connectivity index (χ0v) is 29.7. The molecule has 0 spiro atoms. The Morgan fingerprint density at radius 1 is 0.848 bits per heavy atom. The van der Waals surface area contributed by atoms with Gasteiger partial charge in [0.05, 0.1) is 6.10 Å². The first-order chi connectivity index (χ1) is 13.7. The summed E-state index contributed by atoms with van der Waals surface area (Å²) in [6.45, 7) is 36.1. The maximum Gasteiger partial charge on any atom is 0.226 e. The topological polar surface area (TPSA) is 52.4 Å². The molecule has 4 nitrogen and oxygen atoms in total. The molecule has 0 bridgehead atoms. The molecule has 0 rings (SSSR count). The minimum atomic E-state index is -0.503. The Labute approximate surface area is 238 Å². The summed E-state index contributed by atoms with van der Waals surface area (Å²) in [5.41, 5.74) is -1.19. The average Bonchev–Trinajstić information content (AvgIpc) is 2.54. The van der Waals surface area contributed by atoms with Crippen molar-refractivity contribution in [1.82, 2.24) is 5.32 Å². The molecule has 1 radical (unpaired) electrons. The third-order valence-corrected chi connectivity index (χ3v) is 5.54. The van der Waals surface area contributed by atoms with Crippen LogP contribution in [0, 0.1) is 53.9 Å². The number of hydrogen-bond acceptors (Lipinski definition) is 2. The van der Waals surface area contributed by atoms with Gasteiger partial charge in [0.15, 0.2) is 0 Å². The molecule has 0 atom stereocenters. The van der Waals surface area contributed by atoms with Crippen molar-refractivity contribution in [2.45, 2.75) is 153 Å². The van der Waals surface area contributed by atoms with E-state index < -0.39 is 5.41 Å². The molecule has 33 heavy (non-hydrogen) atoms. The molecular weight excluding hydrogens is 535 g/mol. The summed E-state index contributed by atoms with van der Waals surface area (Å²) < 4.78 is 5.65. The maximum atomic E-state index is 13.0. The fourth-order valence-corrected chi connectivity index (χ4v) is 3.21. The van der Waals surface area contributed by atoms with E-state index in [9.17, 15) is 4.79 Å². The Hall–Kier alpha value is 0.585. The number of nitrogens with zero attached hydrogens (tertiary/aromatic N) is 1. The standard InChI is InChI=1S/C23H47N2O2.2C2H6.CH3.La/c1-17(2)27-15-14-21(8,9)24-18(26)20(6,7)16-22(10,11)25-23(12,13)19(3,4)5;2*1-2;;/h17H,14-16H2,1-13H3,(H,24,26);2*1-2H3;1H3;/q-1;;;-1;. The first-order valence-electron chi connectivity index (χ1n) is 12.4. The van der Waals surface area contributed by atoms with Crippen LogP contribution in [0.2, 0.25) is 0 Å². The maximum absolute atomic E-state index is 13.0. The van der Waals surface area contributed by atoms with Crippen molar-refractivity contribution in [3.05, 3.63) is 12.7 Å². The summed E-state index contributed by atoms with van der Waals surface area (Å²) >= 11 is 0. The molecule has 0 saturated carbocycles. The molecule has 0 aliphatic carbocycles. The number of carbonyl (C=O) groups excluding carboxylic acids is 1. The largest absolute Gasteiger partial charge is 0.652 e. The monoisotopic (exact) mass is 597 g/mol. The smallest absolute Gasteiger partial charge is 0.226 e. The van der Waals surface area contributed by atoms with Gasteiger partial charge in [-0.3, -0.25) is 4.79 Å². The van der Waals surface area contributed by atoms with Crippen LogP contribution in [0.4, 0.5) is 0 Å². The van der Waals surface area contributed by atoms with Gasteiger partial charge in [-0.1, -0.05) is 102 Å². The van der Waals surface area contributed by atoms with E-state index in [0.29, 0.717) is 13.0 Å². The van der Waals surface area contributed by atoms with Crippen molar-refractivity contribution >= 4 is 5.91 Å². The predicted octanol–water partition coefficient (Wildman–Crippen LogP) is 8.59. The molecule has 0 fully saturated rings. The van der Waals surface area contributed by atoms with Gasteiger partial charge in [0.1, 0.15) is 0 Å². The van der Waals surface area contributed by atoms with Crippen molar-refractivity contribution in [3.63, 3.8) is 0 Å². The van der Waals surface area contributed by atoms with E-state index in [0.717, 1.165) is 6.42 Å². The molecular formula is C28H62LaN2O2-2. The zero-order valence-electron chi connectivity index (χ0n) is 26.0. The summed E-state index contributed by atoms with van der Waals surface area (Å²) in [7, 11) is 0. The van der Waals surface area contributed by atoms with Gasteiger partial charge >= 0.3 is 0 Å². The van der Waals surface area contributed by atoms with E-state index in [-0.39, 0.29) is 77.1 Å². The van der Waals surface area contributed by atoms with Crippen molar-refractivity contribution in [2.24, 2.45) is 10.8 Å². The molecule has 0 unspecified atom stereocenters. The van der Waals surface area contributed by atoms with E-state index in [1.54, 1.807) is 0 Å². The molecule has 0 aliphatic heterocycles. The van der Waals surface area contributed by atoms with Crippen LogP contribution in [0.15, 0.2) is 0 Å². The van der Waals surface area contributed by atoms with E-state index in [1.165, 1.54) is 0 Å².